The minimum atomic E-state index is -1.12. The van der Waals surface area contributed by atoms with Crippen molar-refractivity contribution in [2.24, 2.45) is 5.73 Å². The average Bonchev–Trinajstić information content (AvgIpc) is 2.72. The molecule has 8 heteroatoms. The summed E-state index contributed by atoms with van der Waals surface area (Å²) >= 11 is 0. The van der Waals surface area contributed by atoms with Crippen LogP contribution in [0.15, 0.2) is 0 Å². The molecule has 0 heterocycles. The quantitative estimate of drug-likeness (QED) is 0.152. The zero-order valence-electron chi connectivity index (χ0n) is 20.6. The maximum Gasteiger partial charge on any atom is 0.197 e. The number of hydrogen-bond donors (Lipinski definition) is 1. The number of nitrogens with two attached hydrogens (primary N) is 1. The van der Waals surface area contributed by atoms with Gasteiger partial charge in [0.25, 0.3) is 0 Å². The molecule has 0 rings (SSSR count). The van der Waals surface area contributed by atoms with Crippen molar-refractivity contribution >= 4 is 17.2 Å². The Balaban J connectivity index is 6.54. The molecule has 0 bridgehead atoms. The Kier molecular flexibility index (Phi) is 17.5. The highest BCUT2D eigenvalue weighted by molar-refractivity contribution is 7.38. The molecule has 0 saturated carbocycles. The summed E-state index contributed by atoms with van der Waals surface area (Å²) in [6.07, 6.45) is 5.86. The first-order valence-electron chi connectivity index (χ1n) is 11.8. The predicted molar refractivity (Wildman–Crippen MR) is 132 cm³/mol. The van der Waals surface area contributed by atoms with E-state index in [0.29, 0.717) is 62.5 Å². The van der Waals surface area contributed by atoms with Crippen molar-refractivity contribution in [1.82, 2.24) is 0 Å². The maximum absolute atomic E-state index is 7.34. The Morgan fingerprint density at radius 2 is 0.967 bits per heavy atom. The molecule has 0 aliphatic heterocycles. The van der Waals surface area contributed by atoms with Crippen LogP contribution in [0, 0.1) is 0 Å². The fourth-order valence-electron chi connectivity index (χ4n) is 3.68. The third-order valence-electron chi connectivity index (χ3n) is 4.97. The third kappa shape index (κ3) is 8.19. The first-order chi connectivity index (χ1) is 14.4. The number of rotatable bonds is 21. The SMILES string of the molecule is CCCPCC(OCC)(OCC)C(N)(COCC)C(CPCCC)(OCC)OCC. The van der Waals surface area contributed by atoms with Crippen molar-refractivity contribution in [3.63, 3.8) is 0 Å². The van der Waals surface area contributed by atoms with Gasteiger partial charge in [-0.3, -0.25) is 0 Å². The molecule has 0 amide bonds. The maximum atomic E-state index is 7.34. The van der Waals surface area contributed by atoms with Crippen molar-refractivity contribution in [2.45, 2.75) is 78.4 Å². The van der Waals surface area contributed by atoms with E-state index < -0.39 is 17.1 Å². The van der Waals surface area contributed by atoms with Crippen molar-refractivity contribution in [3.8, 4) is 0 Å². The van der Waals surface area contributed by atoms with E-state index in [1.165, 1.54) is 0 Å². The third-order valence-corrected chi connectivity index (χ3v) is 8.11. The Labute approximate surface area is 189 Å². The molecule has 0 aromatic rings. The van der Waals surface area contributed by atoms with Crippen LogP contribution < -0.4 is 5.73 Å². The van der Waals surface area contributed by atoms with Crippen LogP contribution in [0.2, 0.25) is 0 Å². The molecule has 2 unspecified atom stereocenters. The van der Waals surface area contributed by atoms with Gasteiger partial charge in [-0.1, -0.05) is 26.7 Å². The zero-order valence-corrected chi connectivity index (χ0v) is 22.6. The van der Waals surface area contributed by atoms with Crippen molar-refractivity contribution in [1.29, 1.82) is 0 Å². The van der Waals surface area contributed by atoms with E-state index in [-0.39, 0.29) is 6.61 Å². The van der Waals surface area contributed by atoms with Gasteiger partial charge in [-0.25, -0.2) is 0 Å². The summed E-state index contributed by atoms with van der Waals surface area (Å²) < 4.78 is 31.6. The second-order valence-electron chi connectivity index (χ2n) is 7.20. The van der Waals surface area contributed by atoms with Crippen molar-refractivity contribution in [3.05, 3.63) is 0 Å². The lowest BCUT2D eigenvalue weighted by atomic mass is 9.82. The van der Waals surface area contributed by atoms with Crippen LogP contribution in [-0.2, 0) is 23.7 Å². The van der Waals surface area contributed by atoms with Gasteiger partial charge < -0.3 is 29.4 Å². The second-order valence-corrected chi connectivity index (χ2v) is 9.91. The molecule has 0 aliphatic carbocycles. The fraction of sp³-hybridized carbons (Fsp3) is 1.00. The molecule has 30 heavy (non-hydrogen) atoms. The zero-order chi connectivity index (χ0) is 22.9. The van der Waals surface area contributed by atoms with Gasteiger partial charge in [-0.15, -0.1) is 17.2 Å². The van der Waals surface area contributed by atoms with Crippen LogP contribution in [0.4, 0.5) is 0 Å². The van der Waals surface area contributed by atoms with Crippen LogP contribution in [0.3, 0.4) is 0 Å². The molecule has 0 saturated heterocycles. The molecule has 0 aromatic carbocycles. The topological polar surface area (TPSA) is 72.2 Å². The first-order valence-corrected chi connectivity index (χ1v) is 14.6. The Morgan fingerprint density at radius 3 is 1.23 bits per heavy atom. The highest BCUT2D eigenvalue weighted by Gasteiger charge is 2.64. The second kappa shape index (κ2) is 17.1. The van der Waals surface area contributed by atoms with Crippen LogP contribution in [0.1, 0.15) is 61.3 Å². The summed E-state index contributed by atoms with van der Waals surface area (Å²) in [5.74, 6) is -2.08. The summed E-state index contributed by atoms with van der Waals surface area (Å²) in [5, 5.41) is 0. The molecule has 2 N–H and O–H groups in total. The molecule has 0 fully saturated rings. The lowest BCUT2D eigenvalue weighted by Gasteiger charge is -2.55. The lowest BCUT2D eigenvalue weighted by Crippen LogP contribution is -2.80. The highest BCUT2D eigenvalue weighted by Crippen LogP contribution is 2.44. The largest absolute Gasteiger partial charge is 0.379 e. The van der Waals surface area contributed by atoms with E-state index in [2.05, 4.69) is 13.8 Å². The van der Waals surface area contributed by atoms with Gasteiger partial charge in [0.2, 0.25) is 0 Å². The number of ether oxygens (including phenoxy) is 5. The summed E-state index contributed by atoms with van der Waals surface area (Å²) in [5.41, 5.74) is 6.22. The summed E-state index contributed by atoms with van der Waals surface area (Å²) in [6.45, 7) is 17.1. The molecule has 0 aliphatic rings. The van der Waals surface area contributed by atoms with E-state index in [0.717, 1.165) is 25.2 Å². The fourth-order valence-corrected chi connectivity index (χ4v) is 6.44. The molecule has 0 aromatic heterocycles. The van der Waals surface area contributed by atoms with E-state index in [1.807, 2.05) is 34.6 Å². The summed E-state index contributed by atoms with van der Waals surface area (Å²) in [4.78, 5) is 0. The highest BCUT2D eigenvalue weighted by atomic mass is 31.1. The van der Waals surface area contributed by atoms with Gasteiger partial charge in [0.15, 0.2) is 11.6 Å². The summed E-state index contributed by atoms with van der Waals surface area (Å²) in [7, 11) is 1.35. The van der Waals surface area contributed by atoms with Gasteiger partial charge in [0, 0.05) is 45.4 Å². The van der Waals surface area contributed by atoms with Gasteiger partial charge >= 0.3 is 0 Å². The Bertz CT molecular complexity index is 373. The smallest absolute Gasteiger partial charge is 0.197 e. The molecular weight excluding hydrogens is 420 g/mol. The monoisotopic (exact) mass is 469 g/mol. The lowest BCUT2D eigenvalue weighted by molar-refractivity contribution is -0.353. The Morgan fingerprint density at radius 1 is 0.600 bits per heavy atom. The molecule has 0 radical (unpaired) electrons. The molecule has 0 spiro atoms. The minimum Gasteiger partial charge on any atom is -0.379 e. The molecule has 182 valence electrons. The normalized spacial score (nSPS) is 15.6. The van der Waals surface area contributed by atoms with Crippen LogP contribution in [-0.4, -0.2) is 81.4 Å². The molecule has 6 nitrogen and oxygen atoms in total. The molecule has 2 atom stereocenters. The van der Waals surface area contributed by atoms with E-state index in [4.69, 9.17) is 29.4 Å². The Hall–Kier alpha value is 0.620. The summed E-state index contributed by atoms with van der Waals surface area (Å²) in [6, 6.07) is 0. The van der Waals surface area contributed by atoms with Gasteiger partial charge in [0.05, 0.1) is 6.61 Å². The number of hydrogen-bond acceptors (Lipinski definition) is 6. The first kappa shape index (κ1) is 30.6. The van der Waals surface area contributed by atoms with Crippen molar-refractivity contribution in [2.75, 3.05) is 64.3 Å². The van der Waals surface area contributed by atoms with Gasteiger partial charge in [-0.2, -0.15) is 0 Å². The van der Waals surface area contributed by atoms with Crippen LogP contribution in [0.25, 0.3) is 0 Å². The van der Waals surface area contributed by atoms with E-state index in [9.17, 15) is 0 Å². The standard InChI is InChI=1S/C22H49NO5P2/c1-8-15-29-18-21(25-11-4,26-12-5)20(23,17-24-10-3)22(27-13-6,28-14-7)19-30-16-9-2/h29-30H,8-19,23H2,1-7H3. The van der Waals surface area contributed by atoms with Gasteiger partial charge in [-0.05, 0) is 46.9 Å². The predicted octanol–water partition coefficient (Wildman–Crippen LogP) is 4.44. The van der Waals surface area contributed by atoms with E-state index >= 15 is 0 Å². The van der Waals surface area contributed by atoms with Crippen LogP contribution in [0.5, 0.6) is 0 Å². The molecular formula is C22H49NO5P2. The average molecular weight is 470 g/mol. The van der Waals surface area contributed by atoms with E-state index in [1.54, 1.807) is 0 Å². The van der Waals surface area contributed by atoms with Gasteiger partial charge in [0.1, 0.15) is 5.54 Å². The van der Waals surface area contributed by atoms with Crippen LogP contribution >= 0.6 is 17.2 Å². The van der Waals surface area contributed by atoms with Crippen molar-refractivity contribution < 1.29 is 23.7 Å². The minimum absolute atomic E-state index is 0.247.